The van der Waals surface area contributed by atoms with E-state index in [1.165, 1.54) is 32.0 Å². The summed E-state index contributed by atoms with van der Waals surface area (Å²) in [5, 5.41) is 47.0. The van der Waals surface area contributed by atoms with Crippen LogP contribution in [0, 0.1) is 29.6 Å². The largest absolute Gasteiger partial charge is 0.478 e. The summed E-state index contributed by atoms with van der Waals surface area (Å²) in [6.45, 7) is 4.70. The van der Waals surface area contributed by atoms with E-state index in [-0.39, 0.29) is 40.0 Å². The monoisotopic (exact) mass is 850 g/mol. The molecule has 0 fully saturated rings. The van der Waals surface area contributed by atoms with Crippen LogP contribution in [0.2, 0.25) is 0 Å². The molecule has 16 nitrogen and oxygen atoms in total. The minimum absolute atomic E-state index is 0.00996. The van der Waals surface area contributed by atoms with Crippen molar-refractivity contribution in [1.29, 1.82) is 10.5 Å². The summed E-state index contributed by atoms with van der Waals surface area (Å²) in [4.78, 5) is 59.7. The van der Waals surface area contributed by atoms with Crippen molar-refractivity contribution in [2.75, 3.05) is 21.3 Å². The zero-order chi connectivity index (χ0) is 45.5. The van der Waals surface area contributed by atoms with Crippen LogP contribution in [0.1, 0.15) is 61.9 Å². The number of carboxylic acids is 1. The maximum atomic E-state index is 12.8. The molecule has 64 heavy (non-hydrogen) atoms. The molecule has 0 saturated carbocycles. The minimum atomic E-state index is -1.28. The number of hydrogen-bond donors (Lipinski definition) is 5. The topological polar surface area (TPSA) is 253 Å². The molecule has 16 heteroatoms. The van der Waals surface area contributed by atoms with Gasteiger partial charge in [0.05, 0.1) is 45.3 Å². The molecule has 4 amide bonds. The van der Waals surface area contributed by atoms with E-state index in [2.05, 4.69) is 37.6 Å². The van der Waals surface area contributed by atoms with Gasteiger partial charge in [-0.15, -0.1) is 0 Å². The number of benzene rings is 6. The van der Waals surface area contributed by atoms with Crippen LogP contribution in [-0.4, -0.2) is 45.0 Å². The van der Waals surface area contributed by atoms with Gasteiger partial charge < -0.3 is 35.4 Å². The average Bonchev–Trinajstić information content (AvgIpc) is 3.91. The van der Waals surface area contributed by atoms with Gasteiger partial charge >= 0.3 is 5.97 Å². The molecule has 5 N–H and O–H groups in total. The normalized spacial score (nSPS) is 10.5. The Balaban J connectivity index is 0.000000192. The van der Waals surface area contributed by atoms with Gasteiger partial charge in [0.1, 0.15) is 0 Å². The zero-order valence-electron chi connectivity index (χ0n) is 34.1. The molecule has 8 rings (SSSR count). The molecule has 0 aliphatic heterocycles. The molecule has 0 unspecified atom stereocenters. The number of nitrogens with zero attached hydrogens (tertiary/aromatic N) is 4. The lowest BCUT2D eigenvalue weighted by molar-refractivity contribution is -0.115. The summed E-state index contributed by atoms with van der Waals surface area (Å²) in [6, 6.07) is 38.3. The average molecular weight is 851 g/mol. The lowest BCUT2D eigenvalue weighted by Crippen LogP contribution is -2.15. The fraction of sp³-hybridized carbons (Fsp3) is 0.0625. The Hall–Kier alpha value is -9.41. The second kappa shape index (κ2) is 18.5. The number of amides is 4. The van der Waals surface area contributed by atoms with Gasteiger partial charge in [-0.1, -0.05) is 46.7 Å². The highest BCUT2D eigenvalue weighted by molar-refractivity contribution is 6.13. The van der Waals surface area contributed by atoms with Crippen LogP contribution in [-0.2, 0) is 9.59 Å². The number of aryl methyl sites for hydroxylation is 1. The summed E-state index contributed by atoms with van der Waals surface area (Å²) >= 11 is 0. The van der Waals surface area contributed by atoms with Crippen LogP contribution in [0.4, 0.5) is 22.7 Å². The lowest BCUT2D eigenvalue weighted by atomic mass is 10.0. The third-order valence-corrected chi connectivity index (χ3v) is 9.64. The van der Waals surface area contributed by atoms with Crippen molar-refractivity contribution >= 4 is 74.3 Å². The molecule has 2 heterocycles. The number of aromatic nitrogens is 2. The standard InChI is InChI=1S/C24H16N4O5.C24H18N4O3/c1-13(29)26-17-4-2-3-15(10-17)16-6-7-18-21(11-16)33-28-22(18)23(30)27-20-8-5-14(12-25)9-19(20)24(31)32;1-14-10-16(13-25)6-9-21(14)27-24(30)23-20-8-7-18(12-22(20)31-28-23)17-4-3-5-19(11-17)26-15(2)29/h2-11H,1H3,(H,26,29)(H,27,30)(H,31,32);3-12H,1-2H3,(H,26,29)(H,27,30). The Morgan fingerprint density at radius 3 is 1.45 bits per heavy atom. The Morgan fingerprint density at radius 1 is 0.547 bits per heavy atom. The predicted molar refractivity (Wildman–Crippen MR) is 237 cm³/mol. The first-order valence-corrected chi connectivity index (χ1v) is 19.3. The number of nitriles is 2. The Morgan fingerprint density at radius 2 is 1.00 bits per heavy atom. The van der Waals surface area contributed by atoms with E-state index in [0.717, 1.165) is 27.8 Å². The molecule has 0 spiro atoms. The van der Waals surface area contributed by atoms with Gasteiger partial charge in [-0.3, -0.25) is 19.2 Å². The number of anilines is 4. The number of nitrogens with one attached hydrogen (secondary N) is 4. The zero-order valence-corrected chi connectivity index (χ0v) is 34.1. The van der Waals surface area contributed by atoms with Crippen molar-refractivity contribution in [1.82, 2.24) is 10.3 Å². The van der Waals surface area contributed by atoms with Gasteiger partial charge in [0.25, 0.3) is 11.8 Å². The van der Waals surface area contributed by atoms with Gasteiger partial charge in [0.15, 0.2) is 22.6 Å². The number of carboxylic acid groups (broad SMARTS) is 1. The molecule has 0 aliphatic carbocycles. The fourth-order valence-corrected chi connectivity index (χ4v) is 6.66. The highest BCUT2D eigenvalue weighted by atomic mass is 16.5. The molecule has 8 aromatic rings. The molecule has 0 radical (unpaired) electrons. The van der Waals surface area contributed by atoms with E-state index >= 15 is 0 Å². The van der Waals surface area contributed by atoms with Crippen molar-refractivity contribution in [3.05, 3.63) is 155 Å². The molecule has 0 bridgehead atoms. The van der Waals surface area contributed by atoms with E-state index in [1.54, 1.807) is 54.6 Å². The number of rotatable bonds is 9. The summed E-state index contributed by atoms with van der Waals surface area (Å²) in [6.07, 6.45) is 0. The van der Waals surface area contributed by atoms with E-state index in [4.69, 9.17) is 19.6 Å². The molecule has 0 saturated heterocycles. The summed E-state index contributed by atoms with van der Waals surface area (Å²) in [7, 11) is 0. The fourth-order valence-electron chi connectivity index (χ4n) is 6.66. The SMILES string of the molecule is CC(=O)Nc1cccc(-c2ccc3c(C(=O)Nc4ccc(C#N)cc4C(=O)O)noc3c2)c1.CC(=O)Nc1cccc(-c2ccc3c(C(=O)Nc4ccc(C#N)cc4C)noc3c2)c1. The molecule has 2 aromatic heterocycles. The van der Waals surface area contributed by atoms with Crippen LogP contribution < -0.4 is 21.3 Å². The van der Waals surface area contributed by atoms with Gasteiger partial charge in [-0.05, 0) is 120 Å². The second-order valence-electron chi connectivity index (χ2n) is 14.2. The maximum absolute atomic E-state index is 12.8. The van der Waals surface area contributed by atoms with E-state index in [0.29, 0.717) is 44.6 Å². The molecule has 314 valence electrons. The van der Waals surface area contributed by atoms with Crippen LogP contribution in [0.5, 0.6) is 0 Å². The van der Waals surface area contributed by atoms with Gasteiger partial charge in [0, 0.05) is 30.9 Å². The number of carbonyl (C=O) groups excluding carboxylic acids is 4. The van der Waals surface area contributed by atoms with Gasteiger partial charge in [-0.2, -0.15) is 10.5 Å². The molecule has 6 aromatic carbocycles. The first kappa shape index (κ1) is 42.7. The van der Waals surface area contributed by atoms with Gasteiger partial charge in [-0.25, -0.2) is 4.79 Å². The quantitative estimate of drug-likeness (QED) is 0.0911. The third-order valence-electron chi connectivity index (χ3n) is 9.64. The van der Waals surface area contributed by atoms with E-state index in [1.807, 2.05) is 61.5 Å². The predicted octanol–water partition coefficient (Wildman–Crippen LogP) is 9.16. The van der Waals surface area contributed by atoms with E-state index < -0.39 is 17.8 Å². The number of fused-ring (bicyclic) bond motifs is 2. The van der Waals surface area contributed by atoms with Gasteiger partial charge in [0.2, 0.25) is 11.8 Å². The third kappa shape index (κ3) is 9.63. The van der Waals surface area contributed by atoms with Crippen LogP contribution in [0.3, 0.4) is 0 Å². The smallest absolute Gasteiger partial charge is 0.337 e. The first-order chi connectivity index (χ1) is 30.8. The summed E-state index contributed by atoms with van der Waals surface area (Å²) in [5.41, 5.74) is 7.62. The number of hydrogen-bond acceptors (Lipinski definition) is 11. The summed E-state index contributed by atoms with van der Waals surface area (Å²) < 4.78 is 10.7. The second-order valence-corrected chi connectivity index (χ2v) is 14.2. The van der Waals surface area contributed by atoms with Crippen LogP contribution in [0.25, 0.3) is 44.2 Å². The van der Waals surface area contributed by atoms with Crippen LogP contribution >= 0.6 is 0 Å². The van der Waals surface area contributed by atoms with Crippen molar-refractivity contribution in [3.63, 3.8) is 0 Å². The molecular weight excluding hydrogens is 817 g/mol. The van der Waals surface area contributed by atoms with Crippen molar-refractivity contribution in [3.8, 4) is 34.4 Å². The lowest BCUT2D eigenvalue weighted by Gasteiger charge is -2.08. The molecule has 0 atom stereocenters. The van der Waals surface area contributed by atoms with Crippen molar-refractivity contribution in [2.24, 2.45) is 0 Å². The minimum Gasteiger partial charge on any atom is -0.478 e. The Bertz CT molecular complexity index is 3260. The summed E-state index contributed by atoms with van der Waals surface area (Å²) in [5.74, 6) is -2.65. The highest BCUT2D eigenvalue weighted by Gasteiger charge is 2.21. The Labute approximate surface area is 363 Å². The molecular formula is C48H34N8O8. The number of aromatic carboxylic acids is 1. The van der Waals surface area contributed by atoms with Crippen molar-refractivity contribution in [2.45, 2.75) is 20.8 Å². The Kier molecular flexibility index (Phi) is 12.3. The highest BCUT2D eigenvalue weighted by Crippen LogP contribution is 2.31. The number of carbonyl (C=O) groups is 5. The van der Waals surface area contributed by atoms with Crippen LogP contribution in [0.15, 0.2) is 130 Å². The first-order valence-electron chi connectivity index (χ1n) is 19.3. The van der Waals surface area contributed by atoms with Crippen molar-refractivity contribution < 1.29 is 38.1 Å². The maximum Gasteiger partial charge on any atom is 0.337 e. The molecule has 0 aliphatic rings. The van der Waals surface area contributed by atoms with E-state index in [9.17, 15) is 29.1 Å².